The van der Waals surface area contributed by atoms with Gasteiger partial charge in [0, 0.05) is 5.70 Å². The lowest BCUT2D eigenvalue weighted by Crippen LogP contribution is -1.96. The molecule has 0 N–H and O–H groups in total. The molecule has 0 aliphatic heterocycles. The highest BCUT2D eigenvalue weighted by atomic mass is 32.1. The average molecular weight is 336 g/mol. The minimum atomic E-state index is 0.502. The van der Waals surface area contributed by atoms with Gasteiger partial charge in [0.2, 0.25) is 0 Å². The molecule has 0 atom stereocenters. The van der Waals surface area contributed by atoms with Gasteiger partial charge in [0.1, 0.15) is 0 Å². The van der Waals surface area contributed by atoms with Crippen molar-refractivity contribution in [1.82, 2.24) is 0 Å². The summed E-state index contributed by atoms with van der Waals surface area (Å²) in [7, 11) is 0. The number of hydrogen-bond acceptors (Lipinski definition) is 2. The first-order chi connectivity index (χ1) is 11.6. The fourth-order valence-corrected chi connectivity index (χ4v) is 3.12. The van der Waals surface area contributed by atoms with Gasteiger partial charge in [0.05, 0.1) is 0 Å². The van der Waals surface area contributed by atoms with Crippen LogP contribution in [0, 0.1) is 0 Å². The van der Waals surface area contributed by atoms with Gasteiger partial charge in [-0.1, -0.05) is 74.6 Å². The van der Waals surface area contributed by atoms with Crippen LogP contribution in [0.15, 0.2) is 64.8 Å². The maximum Gasteiger partial charge on any atom is 0.0364 e. The van der Waals surface area contributed by atoms with E-state index in [4.69, 9.17) is 12.2 Å². The molecule has 2 aromatic carbocycles. The van der Waals surface area contributed by atoms with E-state index in [2.05, 4.69) is 74.1 Å². The summed E-state index contributed by atoms with van der Waals surface area (Å²) < 4.78 is 0. The van der Waals surface area contributed by atoms with Crippen molar-refractivity contribution in [3.8, 4) is 11.1 Å². The zero-order valence-corrected chi connectivity index (χ0v) is 15.6. The summed E-state index contributed by atoms with van der Waals surface area (Å²) in [4.78, 5) is 4.08. The van der Waals surface area contributed by atoms with Gasteiger partial charge >= 0.3 is 0 Å². The quantitative estimate of drug-likeness (QED) is 0.422. The Kier molecular flexibility index (Phi) is 6.62. The Morgan fingerprint density at radius 1 is 1.17 bits per heavy atom. The maximum atomic E-state index is 5.04. The Bertz CT molecular complexity index is 756. The Labute approximate surface area is 151 Å². The number of aliphatic imine (C=N–C) groups is 1. The van der Waals surface area contributed by atoms with Crippen LogP contribution < -0.4 is 0 Å². The van der Waals surface area contributed by atoms with Gasteiger partial charge in [-0.3, -0.25) is 4.99 Å². The second-order valence-corrected chi connectivity index (χ2v) is 6.67. The number of benzene rings is 2. The minimum absolute atomic E-state index is 0.502. The molecule has 2 rings (SSSR count). The van der Waals surface area contributed by atoms with Crippen LogP contribution >= 0.6 is 12.2 Å². The average Bonchev–Trinajstić information content (AvgIpc) is 2.61. The van der Waals surface area contributed by atoms with Crippen LogP contribution in [0.1, 0.15) is 44.2 Å². The van der Waals surface area contributed by atoms with E-state index in [0.29, 0.717) is 5.92 Å². The molecule has 0 unspecified atom stereocenters. The van der Waals surface area contributed by atoms with Crippen LogP contribution in [0.4, 0.5) is 0 Å². The standard InChI is InChI=1S/C22H25NS/c1-16(2)21-10-5-6-11-22(21)20-9-7-8-18(15-20)14-19(12-13-24)17(3)23-4/h5-11,13,15-16H,4,12,14H2,1-3H3/b19-17-. The van der Waals surface area contributed by atoms with Crippen molar-refractivity contribution in [3.05, 3.63) is 70.9 Å². The Morgan fingerprint density at radius 2 is 1.92 bits per heavy atom. The summed E-state index contributed by atoms with van der Waals surface area (Å²) in [6.07, 6.45) is 1.63. The molecule has 124 valence electrons. The summed E-state index contributed by atoms with van der Waals surface area (Å²) in [6.45, 7) is 10.1. The third kappa shape index (κ3) is 4.48. The van der Waals surface area contributed by atoms with Crippen molar-refractivity contribution in [1.29, 1.82) is 0 Å². The van der Waals surface area contributed by atoms with Gasteiger partial charge in [-0.05, 0) is 65.6 Å². The molecule has 0 saturated carbocycles. The third-order valence-electron chi connectivity index (χ3n) is 4.32. The van der Waals surface area contributed by atoms with E-state index in [0.717, 1.165) is 18.5 Å². The van der Waals surface area contributed by atoms with E-state index >= 15 is 0 Å². The van der Waals surface area contributed by atoms with Crippen LogP contribution in [0.5, 0.6) is 0 Å². The summed E-state index contributed by atoms with van der Waals surface area (Å²) in [5.74, 6) is 0.502. The van der Waals surface area contributed by atoms with Gasteiger partial charge in [-0.15, -0.1) is 0 Å². The molecule has 1 nitrogen and oxygen atoms in total. The van der Waals surface area contributed by atoms with Gasteiger partial charge < -0.3 is 0 Å². The van der Waals surface area contributed by atoms with E-state index in [9.17, 15) is 0 Å². The van der Waals surface area contributed by atoms with Crippen molar-refractivity contribution in [2.45, 2.75) is 39.5 Å². The Balaban J connectivity index is 2.40. The van der Waals surface area contributed by atoms with E-state index in [-0.39, 0.29) is 0 Å². The van der Waals surface area contributed by atoms with Crippen molar-refractivity contribution in [2.75, 3.05) is 0 Å². The van der Waals surface area contributed by atoms with Gasteiger partial charge in [0.15, 0.2) is 0 Å². The van der Waals surface area contributed by atoms with Crippen LogP contribution in [0.2, 0.25) is 0 Å². The second kappa shape index (κ2) is 8.70. The number of hydrogen-bond donors (Lipinski definition) is 0. The van der Waals surface area contributed by atoms with Crippen molar-refractivity contribution in [2.24, 2.45) is 4.99 Å². The topological polar surface area (TPSA) is 12.4 Å². The van der Waals surface area contributed by atoms with E-state index < -0.39 is 0 Å². The van der Waals surface area contributed by atoms with E-state index in [1.807, 2.05) is 6.92 Å². The first-order valence-electron chi connectivity index (χ1n) is 8.34. The molecule has 0 fully saturated rings. The molecule has 2 aromatic rings. The smallest absolute Gasteiger partial charge is 0.0364 e. The van der Waals surface area contributed by atoms with Crippen LogP contribution in [-0.4, -0.2) is 12.1 Å². The molecule has 0 aromatic heterocycles. The normalized spacial score (nSPS) is 12.0. The molecule has 0 spiro atoms. The summed E-state index contributed by atoms with van der Waals surface area (Å²) in [5.41, 5.74) is 7.45. The molecular formula is C22H25NS. The van der Waals surface area contributed by atoms with Crippen molar-refractivity contribution < 1.29 is 0 Å². The monoisotopic (exact) mass is 335 g/mol. The highest BCUT2D eigenvalue weighted by molar-refractivity contribution is 7.79. The zero-order chi connectivity index (χ0) is 17.5. The van der Waals surface area contributed by atoms with Crippen molar-refractivity contribution >= 4 is 24.3 Å². The van der Waals surface area contributed by atoms with Gasteiger partial charge in [0.25, 0.3) is 0 Å². The first kappa shape index (κ1) is 18.3. The summed E-state index contributed by atoms with van der Waals surface area (Å²) in [6, 6.07) is 17.4. The number of rotatable bonds is 7. The lowest BCUT2D eigenvalue weighted by Gasteiger charge is -2.14. The molecule has 0 bridgehead atoms. The lowest BCUT2D eigenvalue weighted by molar-refractivity contribution is 0.869. The maximum absolute atomic E-state index is 5.04. The fraction of sp³-hybridized carbons (Fsp3) is 0.273. The largest absolute Gasteiger partial charge is 0.269 e. The third-order valence-corrected chi connectivity index (χ3v) is 4.48. The predicted octanol–water partition coefficient (Wildman–Crippen LogP) is 6.38. The van der Waals surface area contributed by atoms with Crippen LogP contribution in [-0.2, 0) is 6.42 Å². The Morgan fingerprint density at radius 3 is 2.58 bits per heavy atom. The molecule has 24 heavy (non-hydrogen) atoms. The van der Waals surface area contributed by atoms with E-state index in [1.165, 1.54) is 27.8 Å². The van der Waals surface area contributed by atoms with E-state index in [1.54, 1.807) is 5.37 Å². The SMILES string of the molecule is C=N/C(C)=C(/CC=S)Cc1cccc(-c2ccccc2C(C)C)c1. The molecule has 2 heteroatoms. The minimum Gasteiger partial charge on any atom is -0.269 e. The molecule has 0 amide bonds. The first-order valence-corrected chi connectivity index (χ1v) is 8.81. The Hall–Kier alpha value is -2.06. The van der Waals surface area contributed by atoms with Gasteiger partial charge in [-0.2, -0.15) is 0 Å². The summed E-state index contributed by atoms with van der Waals surface area (Å²) >= 11 is 5.04. The van der Waals surface area contributed by atoms with Crippen LogP contribution in [0.3, 0.4) is 0 Å². The van der Waals surface area contributed by atoms with Crippen molar-refractivity contribution in [3.63, 3.8) is 0 Å². The van der Waals surface area contributed by atoms with Gasteiger partial charge in [-0.25, -0.2) is 0 Å². The zero-order valence-electron chi connectivity index (χ0n) is 14.8. The molecular weight excluding hydrogens is 310 g/mol. The molecule has 0 aliphatic rings. The molecule has 0 heterocycles. The lowest BCUT2D eigenvalue weighted by atomic mass is 9.91. The fourth-order valence-electron chi connectivity index (χ4n) is 2.92. The van der Waals surface area contributed by atoms with Crippen LogP contribution in [0.25, 0.3) is 11.1 Å². The molecule has 0 aliphatic carbocycles. The number of nitrogens with zero attached hydrogens (tertiary/aromatic N) is 1. The molecule has 0 saturated heterocycles. The number of thiocarbonyl (C=S) groups is 1. The summed E-state index contributed by atoms with van der Waals surface area (Å²) in [5, 5.41) is 1.77. The predicted molar refractivity (Wildman–Crippen MR) is 110 cm³/mol. The second-order valence-electron chi connectivity index (χ2n) is 6.34. The molecule has 0 radical (unpaired) electrons. The highest BCUT2D eigenvalue weighted by Gasteiger charge is 2.09. The number of allylic oxidation sites excluding steroid dienone is 2. The highest BCUT2D eigenvalue weighted by Crippen LogP contribution is 2.30.